The van der Waals surface area contributed by atoms with Gasteiger partial charge in [-0.25, -0.2) is 4.68 Å². The van der Waals surface area contributed by atoms with Gasteiger partial charge in [-0.1, -0.05) is 18.2 Å². The third-order valence-corrected chi connectivity index (χ3v) is 3.49. The Balaban J connectivity index is 0.00000220. The van der Waals surface area contributed by atoms with Gasteiger partial charge in [0.25, 0.3) is 15.7 Å². The summed E-state index contributed by atoms with van der Waals surface area (Å²) in [6.45, 7) is 1.69. The van der Waals surface area contributed by atoms with Gasteiger partial charge in [0.15, 0.2) is 0 Å². The molecule has 1 radical (unpaired) electrons. The third-order valence-electron chi connectivity index (χ3n) is 2.99. The normalized spacial score (nSPS) is 11.0. The van der Waals surface area contributed by atoms with E-state index in [9.17, 15) is 13.2 Å². The van der Waals surface area contributed by atoms with Crippen LogP contribution in [0.1, 0.15) is 5.69 Å². The van der Waals surface area contributed by atoms with Gasteiger partial charge in [-0.2, -0.15) is 8.42 Å². The van der Waals surface area contributed by atoms with Gasteiger partial charge >= 0.3 is 0 Å². The zero-order valence-corrected chi connectivity index (χ0v) is 14.9. The van der Waals surface area contributed by atoms with Gasteiger partial charge in [0.1, 0.15) is 11.6 Å². The van der Waals surface area contributed by atoms with Crippen LogP contribution < -0.4 is 10.9 Å². The first-order valence-electron chi connectivity index (χ1n) is 5.84. The van der Waals surface area contributed by atoms with Crippen LogP contribution in [0.2, 0.25) is 0 Å². The molecule has 2 aromatic rings. The second kappa shape index (κ2) is 6.80. The second-order valence-corrected chi connectivity index (χ2v) is 5.79. The Morgan fingerprint density at radius 2 is 1.81 bits per heavy atom. The Labute approximate surface area is 144 Å². The number of hydrogen-bond donors (Lipinski definition) is 2. The van der Waals surface area contributed by atoms with Gasteiger partial charge in [0.05, 0.1) is 11.4 Å². The molecule has 0 fully saturated rings. The van der Waals surface area contributed by atoms with Crippen LogP contribution in [0, 0.1) is 6.92 Å². The summed E-state index contributed by atoms with van der Waals surface area (Å²) in [5.41, 5.74) is 1.01. The first-order valence-corrected chi connectivity index (χ1v) is 7.45. The van der Waals surface area contributed by atoms with Crippen LogP contribution in [0.25, 0.3) is 5.69 Å². The monoisotopic (exact) mass is 320 g/mol. The Bertz CT molecular complexity index is 781. The predicted octanol–water partition coefficient (Wildman–Crippen LogP) is 0.361. The molecular formula is C12H15N3NaO4S. The number of nitrogens with zero attached hydrogens (tertiary/aromatic N) is 2. The molecule has 0 atom stereocenters. The summed E-state index contributed by atoms with van der Waals surface area (Å²) in [6.07, 6.45) is 0. The van der Waals surface area contributed by atoms with Crippen LogP contribution in [-0.2, 0) is 17.2 Å². The van der Waals surface area contributed by atoms with E-state index in [1.54, 1.807) is 42.9 Å². The minimum Gasteiger partial charge on any atom is -0.364 e. The molecule has 9 heteroatoms. The van der Waals surface area contributed by atoms with Crippen molar-refractivity contribution in [3.8, 4) is 5.69 Å². The Morgan fingerprint density at radius 1 is 1.24 bits per heavy atom. The average molecular weight is 320 g/mol. The molecule has 0 saturated heterocycles. The molecule has 1 heterocycles. The number of anilines is 1. The quantitative estimate of drug-likeness (QED) is 0.627. The molecule has 2 rings (SSSR count). The molecule has 0 amide bonds. The zero-order valence-electron chi connectivity index (χ0n) is 12.1. The minimum absolute atomic E-state index is 0. The van der Waals surface area contributed by atoms with Gasteiger partial charge in [-0.15, -0.1) is 0 Å². The number of aromatic nitrogens is 2. The van der Waals surface area contributed by atoms with E-state index in [-0.39, 0.29) is 40.8 Å². The van der Waals surface area contributed by atoms with Crippen molar-refractivity contribution < 1.29 is 13.0 Å². The summed E-state index contributed by atoms with van der Waals surface area (Å²) in [6, 6.07) is 8.98. The van der Waals surface area contributed by atoms with E-state index in [1.165, 1.54) is 4.68 Å². The molecule has 0 saturated carbocycles. The van der Waals surface area contributed by atoms with Gasteiger partial charge in [0.2, 0.25) is 0 Å². The van der Waals surface area contributed by atoms with Gasteiger partial charge in [0, 0.05) is 36.6 Å². The van der Waals surface area contributed by atoms with Crippen molar-refractivity contribution in [2.45, 2.75) is 6.92 Å². The van der Waals surface area contributed by atoms with E-state index in [0.717, 1.165) is 0 Å². The van der Waals surface area contributed by atoms with Gasteiger partial charge in [-0.05, 0) is 19.1 Å². The fourth-order valence-electron chi connectivity index (χ4n) is 1.94. The molecule has 0 aliphatic rings. The first-order chi connectivity index (χ1) is 9.31. The predicted molar refractivity (Wildman–Crippen MR) is 81.5 cm³/mol. The van der Waals surface area contributed by atoms with Crippen LogP contribution in [0.15, 0.2) is 35.1 Å². The van der Waals surface area contributed by atoms with Crippen molar-refractivity contribution in [1.29, 1.82) is 0 Å². The number of benzene rings is 1. The summed E-state index contributed by atoms with van der Waals surface area (Å²) in [7, 11) is -2.50. The molecule has 2 N–H and O–H groups in total. The Morgan fingerprint density at radius 3 is 2.33 bits per heavy atom. The molecule has 0 unspecified atom stereocenters. The van der Waals surface area contributed by atoms with E-state index in [2.05, 4.69) is 5.32 Å². The molecule has 109 valence electrons. The van der Waals surface area contributed by atoms with Crippen molar-refractivity contribution in [1.82, 2.24) is 9.36 Å². The molecule has 1 aromatic heterocycles. The van der Waals surface area contributed by atoms with Crippen LogP contribution in [0.4, 0.5) is 5.69 Å². The standard InChI is InChI=1S/C12H15N3O4S.Na/c1-9-11(13-8-20(17,18)19)12(16)15(14(9)2)10-6-4-3-5-7-10;/h3-7,13H,8H2,1-2H3,(H,17,18,19);. The number of nitrogens with one attached hydrogen (secondary N) is 1. The van der Waals surface area contributed by atoms with Crippen LogP contribution in [-0.4, -0.2) is 57.8 Å². The topological polar surface area (TPSA) is 93.3 Å². The van der Waals surface area contributed by atoms with Crippen molar-refractivity contribution in [3.05, 3.63) is 46.4 Å². The summed E-state index contributed by atoms with van der Waals surface area (Å²) >= 11 is 0. The first kappa shape index (κ1) is 18.0. The van der Waals surface area contributed by atoms with Crippen molar-refractivity contribution in [2.75, 3.05) is 11.2 Å². The summed E-state index contributed by atoms with van der Waals surface area (Å²) in [5.74, 6) is -0.706. The maximum absolute atomic E-state index is 12.3. The van der Waals surface area contributed by atoms with Gasteiger partial charge in [-0.3, -0.25) is 14.0 Å². The molecule has 0 aliphatic heterocycles. The minimum atomic E-state index is -4.19. The SMILES string of the molecule is Cc1c(NCS(=O)(=O)O)c(=O)n(-c2ccccc2)n1C.[Na]. The molecule has 7 nitrogen and oxygen atoms in total. The number of para-hydroxylation sites is 1. The average Bonchev–Trinajstić information content (AvgIpc) is 2.59. The second-order valence-electron chi connectivity index (χ2n) is 4.34. The Hall–Kier alpha value is -1.06. The van der Waals surface area contributed by atoms with Crippen molar-refractivity contribution in [2.24, 2.45) is 7.05 Å². The molecule has 0 bridgehead atoms. The van der Waals surface area contributed by atoms with Gasteiger partial charge < -0.3 is 5.32 Å². The molecule has 21 heavy (non-hydrogen) atoms. The molecule has 1 aromatic carbocycles. The smallest absolute Gasteiger partial charge is 0.295 e. The van der Waals surface area contributed by atoms with Crippen LogP contribution >= 0.6 is 0 Å². The van der Waals surface area contributed by atoms with E-state index in [1.807, 2.05) is 6.07 Å². The summed E-state index contributed by atoms with van der Waals surface area (Å²) in [5, 5.41) is 2.46. The van der Waals surface area contributed by atoms with E-state index < -0.39 is 16.0 Å². The van der Waals surface area contributed by atoms with Crippen molar-refractivity contribution >= 4 is 45.4 Å². The maximum atomic E-state index is 12.3. The van der Waals surface area contributed by atoms with Crippen LogP contribution in [0.3, 0.4) is 0 Å². The Kier molecular flexibility index (Phi) is 5.83. The van der Waals surface area contributed by atoms with E-state index in [4.69, 9.17) is 4.55 Å². The maximum Gasteiger partial charge on any atom is 0.295 e. The summed E-state index contributed by atoms with van der Waals surface area (Å²) in [4.78, 5) is 12.3. The largest absolute Gasteiger partial charge is 0.364 e. The fourth-order valence-corrected chi connectivity index (χ4v) is 2.26. The fraction of sp³-hybridized carbons (Fsp3) is 0.250. The van der Waals surface area contributed by atoms with Crippen LogP contribution in [0.5, 0.6) is 0 Å². The van der Waals surface area contributed by atoms with E-state index >= 15 is 0 Å². The number of hydrogen-bond acceptors (Lipinski definition) is 4. The van der Waals surface area contributed by atoms with Crippen molar-refractivity contribution in [3.63, 3.8) is 0 Å². The summed E-state index contributed by atoms with van der Waals surface area (Å²) < 4.78 is 33.3. The number of rotatable bonds is 4. The third kappa shape index (κ3) is 3.98. The van der Waals surface area contributed by atoms with E-state index in [0.29, 0.717) is 11.4 Å². The molecule has 0 spiro atoms. The molecule has 0 aliphatic carbocycles. The zero-order chi connectivity index (χ0) is 14.9. The molecular weight excluding hydrogens is 305 g/mol.